The highest BCUT2D eigenvalue weighted by molar-refractivity contribution is 7.91. The zero-order chi connectivity index (χ0) is 37.8. The maximum Gasteiger partial charge on any atom is 0.230 e. The van der Waals surface area contributed by atoms with Gasteiger partial charge in [0.05, 0.1) is 20.6 Å². The summed E-state index contributed by atoms with van der Waals surface area (Å²) in [5, 5.41) is 6.42. The Balaban J connectivity index is 0.816. The van der Waals surface area contributed by atoms with Crippen LogP contribution in [0.3, 0.4) is 0 Å². The summed E-state index contributed by atoms with van der Waals surface area (Å²) in [6.45, 7) is 4.24. The Kier molecular flexibility index (Phi) is 7.93. The number of aryl methyl sites for hydroxylation is 2. The number of hydrogen-bond acceptors (Lipinski definition) is 4. The number of sulfone groups is 1. The Labute approximate surface area is 325 Å². The highest BCUT2D eigenvalue weighted by Crippen LogP contribution is 2.67. The molecular weight excluding hydrogens is 701 g/mol. The van der Waals surface area contributed by atoms with Crippen LogP contribution in [0.1, 0.15) is 99.3 Å². The van der Waals surface area contributed by atoms with E-state index in [9.17, 15) is 18.0 Å². The van der Waals surface area contributed by atoms with E-state index in [1.807, 2.05) is 0 Å². The van der Waals surface area contributed by atoms with E-state index in [1.165, 1.54) is 35.1 Å². The third kappa shape index (κ3) is 5.81. The van der Waals surface area contributed by atoms with Crippen LogP contribution >= 0.6 is 0 Å². The molecule has 4 unspecified atom stereocenters. The fourth-order valence-electron chi connectivity index (χ4n) is 13.6. The minimum atomic E-state index is -3.81. The first kappa shape index (κ1) is 35.2. The van der Waals surface area contributed by atoms with Gasteiger partial charge in [-0.05, 0) is 185 Å². The van der Waals surface area contributed by atoms with Crippen LogP contribution in [0, 0.1) is 48.3 Å². The summed E-state index contributed by atoms with van der Waals surface area (Å²) >= 11 is 0. The van der Waals surface area contributed by atoms with Gasteiger partial charge in [0.15, 0.2) is 0 Å². The van der Waals surface area contributed by atoms with Crippen molar-refractivity contribution < 1.29 is 18.0 Å². The maximum atomic E-state index is 14.1. The molecule has 2 amide bonds. The molecular formula is C48H52N2O4S. The first-order valence-corrected chi connectivity index (χ1v) is 22.1. The lowest BCUT2D eigenvalue weighted by Crippen LogP contribution is -2.58. The molecule has 0 saturated heterocycles. The van der Waals surface area contributed by atoms with E-state index < -0.39 is 20.7 Å². The molecule has 4 aromatic carbocycles. The Morgan fingerprint density at radius 1 is 0.491 bits per heavy atom. The van der Waals surface area contributed by atoms with Gasteiger partial charge in [0.2, 0.25) is 21.7 Å². The van der Waals surface area contributed by atoms with Crippen molar-refractivity contribution in [2.45, 2.75) is 112 Å². The lowest BCUT2D eigenvalue weighted by Gasteiger charge is -2.61. The maximum absolute atomic E-state index is 14.1. The lowest BCUT2D eigenvalue weighted by atomic mass is 9.42. The van der Waals surface area contributed by atoms with Crippen molar-refractivity contribution in [3.8, 4) is 0 Å². The number of benzene rings is 4. The van der Waals surface area contributed by atoms with Gasteiger partial charge in [0.25, 0.3) is 0 Å². The van der Waals surface area contributed by atoms with Gasteiger partial charge in [0.1, 0.15) is 0 Å². The summed E-state index contributed by atoms with van der Waals surface area (Å²) in [4.78, 5) is 28.6. The Hall–Kier alpha value is -4.23. The van der Waals surface area contributed by atoms with E-state index in [2.05, 4.69) is 73.0 Å². The van der Waals surface area contributed by atoms with Crippen molar-refractivity contribution >= 4 is 33.0 Å². The number of amides is 2. The topological polar surface area (TPSA) is 92.3 Å². The minimum absolute atomic E-state index is 0.0603. The van der Waals surface area contributed by atoms with E-state index in [1.54, 1.807) is 48.5 Å². The second-order valence-corrected chi connectivity index (χ2v) is 21.2. The molecule has 0 aliphatic heterocycles. The van der Waals surface area contributed by atoms with E-state index in [0.29, 0.717) is 35.0 Å². The third-order valence-corrected chi connectivity index (χ3v) is 17.0. The molecule has 7 heteroatoms. The largest absolute Gasteiger partial charge is 0.326 e. The molecule has 0 spiro atoms. The van der Waals surface area contributed by atoms with Crippen LogP contribution in [0.2, 0.25) is 0 Å². The van der Waals surface area contributed by atoms with Crippen molar-refractivity contribution in [2.75, 3.05) is 10.6 Å². The first-order valence-electron chi connectivity index (χ1n) is 20.6. The molecule has 8 aliphatic carbocycles. The summed E-state index contributed by atoms with van der Waals surface area (Å²) in [5.41, 5.74) is 5.85. The summed E-state index contributed by atoms with van der Waals surface area (Å²) in [6, 6.07) is 31.1. The number of rotatable bonds is 8. The normalized spacial score (nSPS) is 34.1. The van der Waals surface area contributed by atoms with Gasteiger partial charge < -0.3 is 10.6 Å². The molecule has 284 valence electrons. The quantitative estimate of drug-likeness (QED) is 0.188. The standard InChI is InChI=1S/C48H52N2O4S/c1-31-3-7-37(8-4-31)45-21-33-19-34(22-45)26-47(25-33,29-45)43(51)49-39-11-15-41(16-12-39)55(53,54)42-17-13-40(14-18-42)50-44(52)48-27-35-20-36(28-48)24-46(23-35,30-48)38-9-5-32(2)6-10-38/h3-18,33-36H,19-30H2,1-2H3,(H,49,51)(H,50,52). The van der Waals surface area contributed by atoms with Gasteiger partial charge in [0, 0.05) is 11.4 Å². The number of carbonyl (C=O) groups is 2. The van der Waals surface area contributed by atoms with Crippen LogP contribution in [0.4, 0.5) is 11.4 Å². The van der Waals surface area contributed by atoms with Crippen molar-refractivity contribution in [2.24, 2.45) is 34.5 Å². The third-order valence-electron chi connectivity index (χ3n) is 15.3. The van der Waals surface area contributed by atoms with Gasteiger partial charge in [-0.1, -0.05) is 59.7 Å². The number of carbonyl (C=O) groups excluding carboxylic acids is 2. The number of hydrogen-bond donors (Lipinski definition) is 2. The molecule has 6 nitrogen and oxygen atoms in total. The Morgan fingerprint density at radius 2 is 0.818 bits per heavy atom. The predicted octanol–water partition coefficient (Wildman–Crippen LogP) is 10.1. The molecule has 0 aromatic heterocycles. The highest BCUT2D eigenvalue weighted by atomic mass is 32.2. The zero-order valence-electron chi connectivity index (χ0n) is 32.1. The molecule has 4 atom stereocenters. The van der Waals surface area contributed by atoms with Gasteiger partial charge in [-0.15, -0.1) is 0 Å². The van der Waals surface area contributed by atoms with Gasteiger partial charge >= 0.3 is 0 Å². The van der Waals surface area contributed by atoms with Crippen LogP contribution in [-0.4, -0.2) is 20.2 Å². The average molecular weight is 753 g/mol. The van der Waals surface area contributed by atoms with Crippen molar-refractivity contribution in [3.05, 3.63) is 119 Å². The Bertz CT molecular complexity index is 2090. The molecule has 0 radical (unpaired) electrons. The van der Waals surface area contributed by atoms with Crippen LogP contribution < -0.4 is 10.6 Å². The smallest absolute Gasteiger partial charge is 0.230 e. The van der Waals surface area contributed by atoms with Gasteiger partial charge in [-0.2, -0.15) is 0 Å². The molecule has 55 heavy (non-hydrogen) atoms. The van der Waals surface area contributed by atoms with E-state index in [0.717, 1.165) is 64.2 Å². The molecule has 2 N–H and O–H groups in total. The monoisotopic (exact) mass is 752 g/mol. The molecule has 8 bridgehead atoms. The van der Waals surface area contributed by atoms with Crippen molar-refractivity contribution in [1.29, 1.82) is 0 Å². The molecule has 4 aromatic rings. The number of nitrogens with one attached hydrogen (secondary N) is 2. The van der Waals surface area contributed by atoms with Crippen LogP contribution in [0.25, 0.3) is 0 Å². The van der Waals surface area contributed by atoms with Crippen LogP contribution in [0.15, 0.2) is 107 Å². The van der Waals surface area contributed by atoms with Gasteiger partial charge in [-0.25, -0.2) is 8.42 Å². The van der Waals surface area contributed by atoms with Crippen LogP contribution in [-0.2, 0) is 30.3 Å². The minimum Gasteiger partial charge on any atom is -0.326 e. The summed E-state index contributed by atoms with van der Waals surface area (Å²) in [6.07, 6.45) is 12.6. The SMILES string of the molecule is Cc1ccc(C23CC4CC(CC(C(=O)Nc5ccc(S(=O)(=O)c6ccc(NC(=O)C78CC9CC(C7)CC(c7ccc(C)cc7)(C9)C8)cc6)cc5)(C4)C2)C3)cc1. The predicted molar refractivity (Wildman–Crippen MR) is 216 cm³/mol. The fraction of sp³-hybridized carbons (Fsp3) is 0.458. The van der Waals surface area contributed by atoms with Crippen molar-refractivity contribution in [1.82, 2.24) is 0 Å². The Morgan fingerprint density at radius 3 is 1.15 bits per heavy atom. The van der Waals surface area contributed by atoms with Gasteiger partial charge in [-0.3, -0.25) is 9.59 Å². The fourth-order valence-corrected chi connectivity index (χ4v) is 14.9. The zero-order valence-corrected chi connectivity index (χ0v) is 32.9. The van der Waals surface area contributed by atoms with E-state index in [-0.39, 0.29) is 32.4 Å². The number of anilines is 2. The van der Waals surface area contributed by atoms with Crippen molar-refractivity contribution in [3.63, 3.8) is 0 Å². The molecule has 0 heterocycles. The average Bonchev–Trinajstić information content (AvgIpc) is 3.15. The first-order chi connectivity index (χ1) is 26.3. The van der Waals surface area contributed by atoms with E-state index >= 15 is 0 Å². The van der Waals surface area contributed by atoms with E-state index in [4.69, 9.17) is 0 Å². The molecule has 8 fully saturated rings. The van der Waals surface area contributed by atoms with Crippen LogP contribution in [0.5, 0.6) is 0 Å². The summed E-state index contributed by atoms with van der Waals surface area (Å²) in [7, 11) is -3.81. The highest BCUT2D eigenvalue weighted by Gasteiger charge is 2.62. The lowest BCUT2D eigenvalue weighted by molar-refractivity contribution is -0.143. The molecule has 8 aliphatic rings. The summed E-state index contributed by atoms with van der Waals surface area (Å²) in [5.74, 6) is 2.40. The second kappa shape index (κ2) is 12.4. The second-order valence-electron chi connectivity index (χ2n) is 19.2. The molecule has 12 rings (SSSR count). The molecule has 8 saturated carbocycles. The summed E-state index contributed by atoms with van der Waals surface area (Å²) < 4.78 is 27.5.